The van der Waals surface area contributed by atoms with Crippen molar-refractivity contribution in [2.75, 3.05) is 6.54 Å². The zero-order valence-electron chi connectivity index (χ0n) is 12.0. The van der Waals surface area contributed by atoms with E-state index in [2.05, 4.69) is 49.9 Å². The van der Waals surface area contributed by atoms with Crippen molar-refractivity contribution < 1.29 is 9.90 Å². The Morgan fingerprint density at radius 2 is 1.95 bits per heavy atom. The molecule has 1 aliphatic rings. The normalized spacial score (nSPS) is 20.7. The summed E-state index contributed by atoms with van der Waals surface area (Å²) in [4.78, 5) is 13.2. The van der Waals surface area contributed by atoms with Gasteiger partial charge >= 0.3 is 5.97 Å². The van der Waals surface area contributed by atoms with Gasteiger partial charge in [0.15, 0.2) is 0 Å². The van der Waals surface area contributed by atoms with Crippen LogP contribution < -0.4 is 0 Å². The van der Waals surface area contributed by atoms with Crippen LogP contribution in [0, 0.1) is 0 Å². The molecular weight excluding hydrogens is 238 g/mol. The van der Waals surface area contributed by atoms with Gasteiger partial charge in [-0.05, 0) is 35.9 Å². The second-order valence-corrected chi connectivity index (χ2v) is 6.41. The highest BCUT2D eigenvalue weighted by Crippen LogP contribution is 2.24. The molecule has 0 spiro atoms. The third-order valence-corrected chi connectivity index (χ3v) is 3.85. The summed E-state index contributed by atoms with van der Waals surface area (Å²) in [5, 5.41) is 9.17. The quantitative estimate of drug-likeness (QED) is 0.909. The minimum absolute atomic E-state index is 0.162. The van der Waals surface area contributed by atoms with Crippen LogP contribution in [0.2, 0.25) is 0 Å². The number of carboxylic acid groups (broad SMARTS) is 1. The molecule has 1 fully saturated rings. The molecule has 0 radical (unpaired) electrons. The van der Waals surface area contributed by atoms with E-state index in [1.54, 1.807) is 0 Å². The molecule has 1 aromatic rings. The van der Waals surface area contributed by atoms with Crippen molar-refractivity contribution in [1.29, 1.82) is 0 Å². The fourth-order valence-corrected chi connectivity index (χ4v) is 2.64. The van der Waals surface area contributed by atoms with Crippen LogP contribution in [0.4, 0.5) is 0 Å². The molecule has 1 aromatic carbocycles. The summed E-state index contributed by atoms with van der Waals surface area (Å²) in [7, 11) is 0. The minimum Gasteiger partial charge on any atom is -0.480 e. The summed E-state index contributed by atoms with van der Waals surface area (Å²) >= 11 is 0. The minimum atomic E-state index is -0.691. The van der Waals surface area contributed by atoms with Crippen LogP contribution in [-0.4, -0.2) is 28.6 Å². The number of aliphatic carboxylic acids is 1. The first-order valence-electron chi connectivity index (χ1n) is 6.94. The van der Waals surface area contributed by atoms with E-state index in [1.807, 2.05) is 0 Å². The van der Waals surface area contributed by atoms with E-state index in [1.165, 1.54) is 11.1 Å². The highest BCUT2D eigenvalue weighted by atomic mass is 16.4. The van der Waals surface area contributed by atoms with Gasteiger partial charge in [-0.25, -0.2) is 0 Å². The van der Waals surface area contributed by atoms with Crippen LogP contribution in [0.3, 0.4) is 0 Å². The Hall–Kier alpha value is -1.35. The maximum Gasteiger partial charge on any atom is 0.320 e. The zero-order chi connectivity index (χ0) is 14.0. The van der Waals surface area contributed by atoms with Crippen LogP contribution in [0.5, 0.6) is 0 Å². The molecule has 104 valence electrons. The Morgan fingerprint density at radius 3 is 2.47 bits per heavy atom. The first kappa shape index (κ1) is 14.1. The molecule has 1 aliphatic heterocycles. The van der Waals surface area contributed by atoms with Crippen molar-refractivity contribution in [2.45, 2.75) is 51.6 Å². The van der Waals surface area contributed by atoms with Gasteiger partial charge in [0.1, 0.15) is 6.04 Å². The van der Waals surface area contributed by atoms with Gasteiger partial charge in [-0.3, -0.25) is 9.69 Å². The number of carboxylic acids is 1. The van der Waals surface area contributed by atoms with Gasteiger partial charge in [-0.2, -0.15) is 0 Å². The smallest absolute Gasteiger partial charge is 0.320 e. The lowest BCUT2D eigenvalue weighted by molar-refractivity contribution is -0.142. The van der Waals surface area contributed by atoms with Crippen LogP contribution in [0.15, 0.2) is 24.3 Å². The Kier molecular flexibility index (Phi) is 3.95. The number of hydrogen-bond donors (Lipinski definition) is 1. The third-order valence-electron chi connectivity index (χ3n) is 3.85. The van der Waals surface area contributed by atoms with Gasteiger partial charge < -0.3 is 5.11 Å². The number of rotatable bonds is 3. The molecule has 19 heavy (non-hydrogen) atoms. The number of hydrogen-bond acceptors (Lipinski definition) is 2. The lowest BCUT2D eigenvalue weighted by atomic mass is 9.87. The van der Waals surface area contributed by atoms with E-state index in [4.69, 9.17) is 0 Å². The largest absolute Gasteiger partial charge is 0.480 e. The van der Waals surface area contributed by atoms with Gasteiger partial charge in [-0.1, -0.05) is 45.0 Å². The molecule has 1 atom stereocenters. The molecule has 1 saturated heterocycles. The first-order chi connectivity index (χ1) is 8.88. The molecule has 2 rings (SSSR count). The third kappa shape index (κ3) is 3.35. The van der Waals surface area contributed by atoms with Crippen LogP contribution in [0.1, 0.15) is 44.7 Å². The molecular formula is C16H23NO2. The molecule has 0 saturated carbocycles. The lowest BCUT2D eigenvalue weighted by Crippen LogP contribution is -2.35. The lowest BCUT2D eigenvalue weighted by Gasteiger charge is -2.22. The van der Waals surface area contributed by atoms with Crippen LogP contribution in [-0.2, 0) is 16.8 Å². The molecule has 0 unspecified atom stereocenters. The van der Waals surface area contributed by atoms with Gasteiger partial charge in [-0.15, -0.1) is 0 Å². The SMILES string of the molecule is CC(C)(C)c1ccc(CN2CCC[C@@H]2C(=O)O)cc1. The van der Waals surface area contributed by atoms with Crippen molar-refractivity contribution in [3.05, 3.63) is 35.4 Å². The molecule has 0 amide bonds. The Bertz CT molecular complexity index is 445. The second-order valence-electron chi connectivity index (χ2n) is 6.41. The highest BCUT2D eigenvalue weighted by Gasteiger charge is 2.30. The number of carbonyl (C=O) groups is 1. The second kappa shape index (κ2) is 5.33. The standard InChI is InChI=1S/C16H23NO2/c1-16(2,3)13-8-6-12(7-9-13)11-17-10-4-5-14(17)15(18)19/h6-9,14H,4-5,10-11H2,1-3H3,(H,18,19)/t14-/m1/s1. The first-order valence-corrected chi connectivity index (χ1v) is 6.94. The Balaban J connectivity index is 2.06. The van der Waals surface area contributed by atoms with Crippen molar-refractivity contribution in [3.63, 3.8) is 0 Å². The zero-order valence-corrected chi connectivity index (χ0v) is 12.0. The molecule has 0 bridgehead atoms. The van der Waals surface area contributed by atoms with E-state index in [9.17, 15) is 9.90 Å². The number of nitrogens with zero attached hydrogens (tertiary/aromatic N) is 1. The predicted molar refractivity (Wildman–Crippen MR) is 76.2 cm³/mol. The van der Waals surface area contributed by atoms with E-state index < -0.39 is 5.97 Å². The summed E-state index contributed by atoms with van der Waals surface area (Å²) in [5.74, 6) is -0.691. The summed E-state index contributed by atoms with van der Waals surface area (Å²) < 4.78 is 0. The fourth-order valence-electron chi connectivity index (χ4n) is 2.64. The Morgan fingerprint density at radius 1 is 1.32 bits per heavy atom. The molecule has 3 nitrogen and oxygen atoms in total. The average molecular weight is 261 g/mol. The Labute approximate surface area is 115 Å². The predicted octanol–water partition coefficient (Wildman–Crippen LogP) is 3.03. The maximum absolute atomic E-state index is 11.1. The van der Waals surface area contributed by atoms with Crippen molar-refractivity contribution in [2.24, 2.45) is 0 Å². The maximum atomic E-state index is 11.1. The van der Waals surface area contributed by atoms with Crippen molar-refractivity contribution in [3.8, 4) is 0 Å². The van der Waals surface area contributed by atoms with Crippen molar-refractivity contribution in [1.82, 2.24) is 4.90 Å². The van der Waals surface area contributed by atoms with E-state index in [0.717, 1.165) is 25.9 Å². The molecule has 0 aromatic heterocycles. The number of benzene rings is 1. The van der Waals surface area contributed by atoms with E-state index >= 15 is 0 Å². The molecule has 3 heteroatoms. The molecule has 1 heterocycles. The highest BCUT2D eigenvalue weighted by molar-refractivity contribution is 5.73. The average Bonchev–Trinajstić information content (AvgIpc) is 2.77. The van der Waals surface area contributed by atoms with E-state index in [0.29, 0.717) is 0 Å². The topological polar surface area (TPSA) is 40.5 Å². The fraction of sp³-hybridized carbons (Fsp3) is 0.562. The summed E-state index contributed by atoms with van der Waals surface area (Å²) in [6, 6.07) is 8.25. The van der Waals surface area contributed by atoms with Crippen LogP contribution >= 0.6 is 0 Å². The van der Waals surface area contributed by atoms with Crippen molar-refractivity contribution >= 4 is 5.97 Å². The van der Waals surface area contributed by atoms with Gasteiger partial charge in [0.25, 0.3) is 0 Å². The van der Waals surface area contributed by atoms with E-state index in [-0.39, 0.29) is 11.5 Å². The summed E-state index contributed by atoms with van der Waals surface area (Å²) in [6.45, 7) is 8.22. The number of likely N-dealkylation sites (tertiary alicyclic amines) is 1. The molecule has 1 N–H and O–H groups in total. The van der Waals surface area contributed by atoms with Gasteiger partial charge in [0.05, 0.1) is 0 Å². The monoisotopic (exact) mass is 261 g/mol. The van der Waals surface area contributed by atoms with Crippen LogP contribution in [0.25, 0.3) is 0 Å². The molecule has 0 aliphatic carbocycles. The summed E-state index contributed by atoms with van der Waals surface area (Å²) in [5.41, 5.74) is 2.67. The summed E-state index contributed by atoms with van der Waals surface area (Å²) in [6.07, 6.45) is 1.76. The van der Waals surface area contributed by atoms with Gasteiger partial charge in [0.2, 0.25) is 0 Å². The van der Waals surface area contributed by atoms with Gasteiger partial charge in [0, 0.05) is 6.54 Å².